The molecule has 22 heavy (non-hydrogen) atoms. The van der Waals surface area contributed by atoms with E-state index >= 15 is 0 Å². The Morgan fingerprint density at radius 3 is 2.32 bits per heavy atom. The van der Waals surface area contributed by atoms with Gasteiger partial charge in [0.05, 0.1) is 12.8 Å². The molecule has 0 spiro atoms. The molecule has 4 heteroatoms. The third-order valence-electron chi connectivity index (χ3n) is 3.45. The zero-order chi connectivity index (χ0) is 15.5. The maximum Gasteiger partial charge on any atom is 0.204 e. The first kappa shape index (κ1) is 14.5. The van der Waals surface area contributed by atoms with Crippen molar-refractivity contribution in [3.05, 3.63) is 71.1 Å². The zero-order valence-electron chi connectivity index (χ0n) is 12.5. The molecule has 0 aliphatic carbocycles. The molecular formula is C18H16N2OS. The number of nitrogens with zero attached hydrogens (tertiary/aromatic N) is 2. The molecule has 0 atom stereocenters. The summed E-state index contributed by atoms with van der Waals surface area (Å²) in [6, 6.07) is 20.0. The van der Waals surface area contributed by atoms with Crippen LogP contribution in [0.1, 0.15) is 5.69 Å². The van der Waals surface area contributed by atoms with Gasteiger partial charge in [-0.1, -0.05) is 18.2 Å². The zero-order valence-corrected chi connectivity index (χ0v) is 13.3. The minimum atomic E-state index is 0.553. The lowest BCUT2D eigenvalue weighted by Crippen LogP contribution is -2.05. The number of methoxy groups -OCH3 is 1. The van der Waals surface area contributed by atoms with E-state index in [4.69, 9.17) is 17.0 Å². The molecule has 0 fully saturated rings. The van der Waals surface area contributed by atoms with E-state index in [0.29, 0.717) is 4.77 Å². The summed E-state index contributed by atoms with van der Waals surface area (Å²) in [6.45, 7) is 1.96. The van der Waals surface area contributed by atoms with E-state index in [2.05, 4.69) is 4.98 Å². The summed E-state index contributed by atoms with van der Waals surface area (Å²) in [7, 11) is 1.66. The second kappa shape index (κ2) is 6.12. The Labute approximate surface area is 134 Å². The van der Waals surface area contributed by atoms with Crippen molar-refractivity contribution in [3.8, 4) is 22.7 Å². The van der Waals surface area contributed by atoms with Gasteiger partial charge in [0.25, 0.3) is 0 Å². The molecular weight excluding hydrogens is 292 g/mol. The van der Waals surface area contributed by atoms with Crippen molar-refractivity contribution < 1.29 is 4.74 Å². The van der Waals surface area contributed by atoms with Crippen LogP contribution in [0.15, 0.2) is 60.7 Å². The molecule has 3 nitrogen and oxygen atoms in total. The highest BCUT2D eigenvalue weighted by Gasteiger charge is 2.09. The molecule has 0 saturated carbocycles. The first-order chi connectivity index (χ1) is 10.7. The Hall–Kier alpha value is -2.46. The number of rotatable bonds is 3. The van der Waals surface area contributed by atoms with Gasteiger partial charge < -0.3 is 4.74 Å². The standard InChI is InChI=1S/C18H16N2OS/c1-13-12-17(14-8-10-16(21-2)11-9-14)20(18(22)19-13)15-6-4-3-5-7-15/h3-12H,1-2H3. The lowest BCUT2D eigenvalue weighted by molar-refractivity contribution is 0.415. The fraction of sp³-hybridized carbons (Fsp3) is 0.111. The van der Waals surface area contributed by atoms with E-state index < -0.39 is 0 Å². The van der Waals surface area contributed by atoms with Crippen LogP contribution in [0.5, 0.6) is 5.75 Å². The van der Waals surface area contributed by atoms with Gasteiger partial charge in [-0.05, 0) is 67.2 Å². The average Bonchev–Trinajstić information content (AvgIpc) is 2.55. The van der Waals surface area contributed by atoms with Gasteiger partial charge in [-0.2, -0.15) is 0 Å². The van der Waals surface area contributed by atoms with Gasteiger partial charge in [0.1, 0.15) is 5.75 Å². The minimum absolute atomic E-state index is 0.553. The second-order valence-electron chi connectivity index (χ2n) is 4.96. The highest BCUT2D eigenvalue weighted by molar-refractivity contribution is 7.71. The molecule has 1 aromatic heterocycles. The summed E-state index contributed by atoms with van der Waals surface area (Å²) < 4.78 is 7.77. The SMILES string of the molecule is COc1ccc(-c2cc(C)nc(=S)n2-c2ccccc2)cc1. The smallest absolute Gasteiger partial charge is 0.204 e. The molecule has 0 bridgehead atoms. The predicted molar refractivity (Wildman–Crippen MR) is 91.1 cm³/mol. The van der Waals surface area contributed by atoms with Crippen LogP contribution in [0.2, 0.25) is 0 Å². The highest BCUT2D eigenvalue weighted by Crippen LogP contribution is 2.25. The Balaban J connectivity index is 2.24. The molecule has 3 rings (SSSR count). The van der Waals surface area contributed by atoms with Crippen LogP contribution < -0.4 is 4.74 Å². The van der Waals surface area contributed by atoms with Crippen molar-refractivity contribution in [2.24, 2.45) is 0 Å². The van der Waals surface area contributed by atoms with Crippen molar-refractivity contribution >= 4 is 12.2 Å². The second-order valence-corrected chi connectivity index (χ2v) is 5.33. The third-order valence-corrected chi connectivity index (χ3v) is 3.72. The summed E-state index contributed by atoms with van der Waals surface area (Å²) in [5.41, 5.74) is 4.00. The van der Waals surface area contributed by atoms with E-state index in [1.807, 2.05) is 72.2 Å². The van der Waals surface area contributed by atoms with Crippen LogP contribution in [0.3, 0.4) is 0 Å². The molecule has 3 aromatic rings. The number of hydrogen-bond acceptors (Lipinski definition) is 3. The van der Waals surface area contributed by atoms with Gasteiger partial charge in [-0.25, -0.2) is 4.98 Å². The fourth-order valence-electron chi connectivity index (χ4n) is 2.40. The van der Waals surface area contributed by atoms with Gasteiger partial charge in [-0.15, -0.1) is 0 Å². The van der Waals surface area contributed by atoms with Crippen molar-refractivity contribution in [1.29, 1.82) is 0 Å². The van der Waals surface area contributed by atoms with Crippen molar-refractivity contribution in [1.82, 2.24) is 9.55 Å². The normalized spacial score (nSPS) is 10.5. The van der Waals surface area contributed by atoms with Crippen molar-refractivity contribution in [3.63, 3.8) is 0 Å². The lowest BCUT2D eigenvalue weighted by atomic mass is 10.1. The molecule has 0 saturated heterocycles. The van der Waals surface area contributed by atoms with Crippen LogP contribution in [0, 0.1) is 11.7 Å². The highest BCUT2D eigenvalue weighted by atomic mass is 32.1. The first-order valence-corrected chi connectivity index (χ1v) is 7.40. The van der Waals surface area contributed by atoms with E-state index in [0.717, 1.165) is 28.4 Å². The van der Waals surface area contributed by atoms with Crippen LogP contribution in [0.25, 0.3) is 16.9 Å². The van der Waals surface area contributed by atoms with Gasteiger partial charge in [-0.3, -0.25) is 4.57 Å². The number of aromatic nitrogens is 2. The van der Waals surface area contributed by atoms with Crippen molar-refractivity contribution in [2.45, 2.75) is 6.92 Å². The number of hydrogen-bond donors (Lipinski definition) is 0. The Morgan fingerprint density at radius 2 is 1.68 bits per heavy atom. The maximum atomic E-state index is 5.48. The number of para-hydroxylation sites is 1. The Kier molecular flexibility index (Phi) is 4.02. The monoisotopic (exact) mass is 308 g/mol. The van der Waals surface area contributed by atoms with Gasteiger partial charge >= 0.3 is 0 Å². The van der Waals surface area contributed by atoms with Crippen LogP contribution in [-0.2, 0) is 0 Å². The first-order valence-electron chi connectivity index (χ1n) is 6.99. The predicted octanol–water partition coefficient (Wildman–Crippen LogP) is 4.59. The van der Waals surface area contributed by atoms with Gasteiger partial charge in [0, 0.05) is 11.4 Å². The van der Waals surface area contributed by atoms with Crippen LogP contribution >= 0.6 is 12.2 Å². The molecule has 0 aliphatic rings. The molecule has 1 heterocycles. The summed E-state index contributed by atoms with van der Waals surface area (Å²) >= 11 is 5.48. The maximum absolute atomic E-state index is 5.48. The molecule has 0 unspecified atom stereocenters. The van der Waals surface area contributed by atoms with E-state index in [9.17, 15) is 0 Å². The molecule has 0 N–H and O–H groups in total. The summed E-state index contributed by atoms with van der Waals surface area (Å²) in [4.78, 5) is 4.42. The number of ether oxygens (including phenoxy) is 1. The van der Waals surface area contributed by atoms with Crippen molar-refractivity contribution in [2.75, 3.05) is 7.11 Å². The fourth-order valence-corrected chi connectivity index (χ4v) is 2.75. The number of benzene rings is 2. The Morgan fingerprint density at radius 1 is 1.00 bits per heavy atom. The van der Waals surface area contributed by atoms with E-state index in [1.165, 1.54) is 0 Å². The summed E-state index contributed by atoms with van der Waals surface area (Å²) in [5.74, 6) is 0.833. The average molecular weight is 308 g/mol. The Bertz CT molecular complexity index is 839. The number of aryl methyl sites for hydroxylation is 1. The van der Waals surface area contributed by atoms with E-state index in [1.54, 1.807) is 7.11 Å². The quantitative estimate of drug-likeness (QED) is 0.662. The lowest BCUT2D eigenvalue weighted by Gasteiger charge is -2.15. The topological polar surface area (TPSA) is 27.1 Å². The molecule has 0 aliphatic heterocycles. The molecule has 110 valence electrons. The third kappa shape index (κ3) is 2.78. The van der Waals surface area contributed by atoms with Gasteiger partial charge in [0.2, 0.25) is 4.77 Å². The molecule has 2 aromatic carbocycles. The van der Waals surface area contributed by atoms with E-state index in [-0.39, 0.29) is 0 Å². The van der Waals surface area contributed by atoms with Gasteiger partial charge in [0.15, 0.2) is 0 Å². The van der Waals surface area contributed by atoms with Crippen LogP contribution in [-0.4, -0.2) is 16.7 Å². The minimum Gasteiger partial charge on any atom is -0.497 e. The summed E-state index contributed by atoms with van der Waals surface area (Å²) in [5, 5.41) is 0. The molecule has 0 amide bonds. The molecule has 0 radical (unpaired) electrons. The largest absolute Gasteiger partial charge is 0.497 e. The van der Waals surface area contributed by atoms with Crippen LogP contribution in [0.4, 0.5) is 0 Å². The summed E-state index contributed by atoms with van der Waals surface area (Å²) in [6.07, 6.45) is 0.